The molecule has 20 heavy (non-hydrogen) atoms. The van der Waals surface area contributed by atoms with Gasteiger partial charge in [0.2, 0.25) is 0 Å². The molecule has 1 N–H and O–H groups in total. The Bertz CT molecular complexity index is 554. The number of nitrogens with zero attached hydrogens (tertiary/aromatic N) is 1. The molecule has 0 saturated carbocycles. The van der Waals surface area contributed by atoms with Gasteiger partial charge >= 0.3 is 0 Å². The number of halogens is 1. The summed E-state index contributed by atoms with van der Waals surface area (Å²) >= 11 is 0. The van der Waals surface area contributed by atoms with Crippen LogP contribution in [0.25, 0.3) is 0 Å². The highest BCUT2D eigenvalue weighted by atomic mass is 19.1. The van der Waals surface area contributed by atoms with Crippen molar-refractivity contribution in [2.75, 3.05) is 11.4 Å². The van der Waals surface area contributed by atoms with E-state index in [2.05, 4.69) is 0 Å². The van der Waals surface area contributed by atoms with Crippen LogP contribution in [0, 0.1) is 5.82 Å². The van der Waals surface area contributed by atoms with Crippen molar-refractivity contribution in [1.82, 2.24) is 0 Å². The maximum absolute atomic E-state index is 14.2. The van der Waals surface area contributed by atoms with Gasteiger partial charge in [-0.3, -0.25) is 0 Å². The van der Waals surface area contributed by atoms with Gasteiger partial charge in [-0.15, -0.1) is 0 Å². The predicted molar refractivity (Wildman–Crippen MR) is 80.2 cm³/mol. The molecule has 0 spiro atoms. The van der Waals surface area contributed by atoms with Gasteiger partial charge in [0.05, 0.1) is 11.8 Å². The van der Waals surface area contributed by atoms with Crippen molar-refractivity contribution >= 4 is 5.69 Å². The maximum Gasteiger partial charge on any atom is 0.146 e. The lowest BCUT2D eigenvalue weighted by Crippen LogP contribution is -2.23. The van der Waals surface area contributed by atoms with Crippen molar-refractivity contribution in [3.05, 3.63) is 65.5 Å². The molecule has 2 aromatic carbocycles. The van der Waals surface area contributed by atoms with Gasteiger partial charge in [-0.1, -0.05) is 36.4 Å². The Hall–Kier alpha value is -1.87. The van der Waals surface area contributed by atoms with Gasteiger partial charge in [-0.25, -0.2) is 4.39 Å². The minimum absolute atomic E-state index is 0.291. The van der Waals surface area contributed by atoms with E-state index in [1.807, 2.05) is 42.2 Å². The number of aliphatic hydroxyl groups is 1. The van der Waals surface area contributed by atoms with Gasteiger partial charge in [0, 0.05) is 13.1 Å². The highest BCUT2D eigenvalue weighted by molar-refractivity contribution is 5.50. The Labute approximate surface area is 119 Å². The molecule has 0 amide bonds. The second kappa shape index (κ2) is 6.53. The summed E-state index contributed by atoms with van der Waals surface area (Å²) in [4.78, 5) is 1.98. The summed E-state index contributed by atoms with van der Waals surface area (Å²) in [5.74, 6) is -0.291. The van der Waals surface area contributed by atoms with E-state index in [0.717, 1.165) is 12.1 Å². The highest BCUT2D eigenvalue weighted by Gasteiger charge is 2.12. The first-order chi connectivity index (χ1) is 9.61. The van der Waals surface area contributed by atoms with Crippen LogP contribution >= 0.6 is 0 Å². The van der Waals surface area contributed by atoms with Crippen LogP contribution in [0.1, 0.15) is 31.1 Å². The molecule has 2 aromatic rings. The van der Waals surface area contributed by atoms with E-state index in [1.165, 1.54) is 6.07 Å². The fourth-order valence-electron chi connectivity index (χ4n) is 2.21. The van der Waals surface area contributed by atoms with Crippen molar-refractivity contribution in [1.29, 1.82) is 0 Å². The first kappa shape index (κ1) is 14.5. The molecule has 0 aliphatic carbocycles. The van der Waals surface area contributed by atoms with Gasteiger partial charge in [0.15, 0.2) is 0 Å². The molecule has 1 unspecified atom stereocenters. The molecule has 2 nitrogen and oxygen atoms in total. The van der Waals surface area contributed by atoms with Crippen LogP contribution in [0.2, 0.25) is 0 Å². The molecule has 0 saturated heterocycles. The third kappa shape index (κ3) is 3.36. The van der Waals surface area contributed by atoms with Gasteiger partial charge in [0.25, 0.3) is 0 Å². The van der Waals surface area contributed by atoms with Crippen molar-refractivity contribution in [3.63, 3.8) is 0 Å². The summed E-state index contributed by atoms with van der Waals surface area (Å²) in [6.07, 6.45) is -0.650. The van der Waals surface area contributed by atoms with E-state index in [9.17, 15) is 9.50 Å². The summed E-state index contributed by atoms with van der Waals surface area (Å²) in [6, 6.07) is 14.9. The summed E-state index contributed by atoms with van der Waals surface area (Å²) in [5.41, 5.74) is 2.32. The smallest absolute Gasteiger partial charge is 0.146 e. The molecule has 2 rings (SSSR count). The summed E-state index contributed by atoms with van der Waals surface area (Å²) in [6.45, 7) is 5.03. The topological polar surface area (TPSA) is 23.5 Å². The number of rotatable bonds is 5. The SMILES string of the molecule is CCN(Cc1ccccc1)c1ccc(C(C)O)cc1F. The molecule has 1 atom stereocenters. The largest absolute Gasteiger partial charge is 0.389 e. The van der Waals surface area contributed by atoms with Crippen LogP contribution in [0.3, 0.4) is 0 Å². The Morgan fingerprint density at radius 3 is 2.40 bits per heavy atom. The Morgan fingerprint density at radius 2 is 1.85 bits per heavy atom. The predicted octanol–water partition coefficient (Wildman–Crippen LogP) is 3.91. The lowest BCUT2D eigenvalue weighted by molar-refractivity contribution is 0.199. The number of benzene rings is 2. The van der Waals surface area contributed by atoms with E-state index in [0.29, 0.717) is 17.8 Å². The standard InChI is InChI=1S/C17H20FNO/c1-3-19(12-14-7-5-4-6-8-14)17-10-9-15(13(2)20)11-16(17)18/h4-11,13,20H,3,12H2,1-2H3. The maximum atomic E-state index is 14.2. The average Bonchev–Trinajstić information content (AvgIpc) is 2.46. The first-order valence-corrected chi connectivity index (χ1v) is 6.88. The van der Waals surface area contributed by atoms with Gasteiger partial charge < -0.3 is 10.0 Å². The number of aliphatic hydroxyl groups excluding tert-OH is 1. The van der Waals surface area contributed by atoms with Crippen LogP contribution in [0.15, 0.2) is 48.5 Å². The molecule has 0 radical (unpaired) electrons. The zero-order chi connectivity index (χ0) is 14.5. The van der Waals surface area contributed by atoms with E-state index in [1.54, 1.807) is 19.1 Å². The van der Waals surface area contributed by atoms with E-state index >= 15 is 0 Å². The molecule has 3 heteroatoms. The molecule has 106 valence electrons. The minimum Gasteiger partial charge on any atom is -0.389 e. The van der Waals surface area contributed by atoms with Crippen LogP contribution < -0.4 is 4.90 Å². The van der Waals surface area contributed by atoms with Crippen LogP contribution in [-0.2, 0) is 6.54 Å². The quantitative estimate of drug-likeness (QED) is 0.893. The van der Waals surface area contributed by atoms with Crippen LogP contribution in [-0.4, -0.2) is 11.7 Å². The third-order valence-electron chi connectivity index (χ3n) is 3.39. The number of anilines is 1. The second-order valence-corrected chi connectivity index (χ2v) is 4.89. The minimum atomic E-state index is -0.650. The van der Waals surface area contributed by atoms with Gasteiger partial charge in [0.1, 0.15) is 5.82 Å². The molecule has 0 aromatic heterocycles. The normalized spacial score (nSPS) is 12.2. The Kier molecular flexibility index (Phi) is 4.74. The number of hydrogen-bond acceptors (Lipinski definition) is 2. The second-order valence-electron chi connectivity index (χ2n) is 4.89. The van der Waals surface area contributed by atoms with E-state index in [4.69, 9.17) is 0 Å². The average molecular weight is 273 g/mol. The van der Waals surface area contributed by atoms with Crippen LogP contribution in [0.5, 0.6) is 0 Å². The van der Waals surface area contributed by atoms with Gasteiger partial charge in [-0.05, 0) is 37.1 Å². The van der Waals surface area contributed by atoms with Crippen LogP contribution in [0.4, 0.5) is 10.1 Å². The molecule has 0 bridgehead atoms. The monoisotopic (exact) mass is 273 g/mol. The third-order valence-corrected chi connectivity index (χ3v) is 3.39. The van der Waals surface area contributed by atoms with Crippen molar-refractivity contribution in [2.45, 2.75) is 26.5 Å². The highest BCUT2D eigenvalue weighted by Crippen LogP contribution is 2.24. The molecule has 0 fully saturated rings. The molecule has 0 aliphatic rings. The zero-order valence-corrected chi connectivity index (χ0v) is 11.9. The van der Waals surface area contributed by atoms with E-state index < -0.39 is 6.10 Å². The van der Waals surface area contributed by atoms with E-state index in [-0.39, 0.29) is 5.82 Å². The zero-order valence-electron chi connectivity index (χ0n) is 11.9. The molecule has 0 aliphatic heterocycles. The fourth-order valence-corrected chi connectivity index (χ4v) is 2.21. The lowest BCUT2D eigenvalue weighted by atomic mass is 10.1. The lowest BCUT2D eigenvalue weighted by Gasteiger charge is -2.24. The fraction of sp³-hybridized carbons (Fsp3) is 0.294. The summed E-state index contributed by atoms with van der Waals surface area (Å²) in [7, 11) is 0. The van der Waals surface area contributed by atoms with Crippen molar-refractivity contribution in [3.8, 4) is 0 Å². The summed E-state index contributed by atoms with van der Waals surface area (Å²) < 4.78 is 14.2. The van der Waals surface area contributed by atoms with Gasteiger partial charge in [-0.2, -0.15) is 0 Å². The molecule has 0 heterocycles. The Morgan fingerprint density at radius 1 is 1.15 bits per heavy atom. The molecular formula is C17H20FNO. The van der Waals surface area contributed by atoms with Crippen molar-refractivity contribution in [2.24, 2.45) is 0 Å². The first-order valence-electron chi connectivity index (χ1n) is 6.88. The summed E-state index contributed by atoms with van der Waals surface area (Å²) in [5, 5.41) is 9.49. The Balaban J connectivity index is 2.23. The molecular weight excluding hydrogens is 253 g/mol. The van der Waals surface area contributed by atoms with Crippen molar-refractivity contribution < 1.29 is 9.50 Å². The number of hydrogen-bond donors (Lipinski definition) is 1.